The third-order valence-electron chi connectivity index (χ3n) is 5.34. The quantitative estimate of drug-likeness (QED) is 0.840. The zero-order chi connectivity index (χ0) is 19.1. The van der Waals surface area contributed by atoms with E-state index in [0.717, 1.165) is 36.9 Å². The fourth-order valence-corrected chi connectivity index (χ4v) is 3.63. The molecule has 1 aliphatic rings. The average molecular weight is 364 g/mol. The smallest absolute Gasteiger partial charge is 0.227 e. The van der Waals surface area contributed by atoms with E-state index in [2.05, 4.69) is 24.4 Å². The Hall–Kier alpha value is -2.62. The molecule has 27 heavy (non-hydrogen) atoms. The van der Waals surface area contributed by atoms with Gasteiger partial charge in [-0.15, -0.1) is 0 Å². The minimum absolute atomic E-state index is 0.0203. The van der Waals surface area contributed by atoms with Crippen LogP contribution in [0.3, 0.4) is 0 Å². The molecule has 2 amide bonds. The van der Waals surface area contributed by atoms with E-state index in [1.165, 1.54) is 5.56 Å². The number of anilines is 1. The van der Waals surface area contributed by atoms with Crippen LogP contribution in [0.25, 0.3) is 0 Å². The molecule has 1 N–H and O–H groups in total. The fourth-order valence-electron chi connectivity index (χ4n) is 3.63. The first-order valence-electron chi connectivity index (χ1n) is 9.88. The minimum Gasteiger partial charge on any atom is -0.343 e. The Balaban J connectivity index is 1.46. The number of hydrogen-bond acceptors (Lipinski definition) is 2. The molecule has 3 rings (SSSR count). The van der Waals surface area contributed by atoms with E-state index in [4.69, 9.17) is 0 Å². The molecule has 0 aromatic heterocycles. The molecule has 4 heteroatoms. The van der Waals surface area contributed by atoms with Gasteiger partial charge in [-0.05, 0) is 42.9 Å². The van der Waals surface area contributed by atoms with Crippen molar-refractivity contribution in [2.75, 3.05) is 18.4 Å². The number of amides is 2. The van der Waals surface area contributed by atoms with E-state index in [1.54, 1.807) is 0 Å². The molecule has 1 aliphatic heterocycles. The SMILES string of the molecule is CCc1ccccc1NC(=O)C1CCN(C(=O)CCc2ccccc2)CC1. The molecule has 0 radical (unpaired) electrons. The molecule has 1 saturated heterocycles. The van der Waals surface area contributed by atoms with Crippen LogP contribution in [-0.2, 0) is 22.4 Å². The highest BCUT2D eigenvalue weighted by atomic mass is 16.2. The van der Waals surface area contributed by atoms with Gasteiger partial charge in [0.25, 0.3) is 0 Å². The van der Waals surface area contributed by atoms with Gasteiger partial charge in [-0.25, -0.2) is 0 Å². The number of rotatable bonds is 6. The molecule has 1 fully saturated rings. The average Bonchev–Trinajstić information content (AvgIpc) is 2.73. The largest absolute Gasteiger partial charge is 0.343 e. The zero-order valence-electron chi connectivity index (χ0n) is 16.0. The summed E-state index contributed by atoms with van der Waals surface area (Å²) in [6, 6.07) is 18.0. The second kappa shape index (κ2) is 9.36. The lowest BCUT2D eigenvalue weighted by Crippen LogP contribution is -2.41. The Morgan fingerprint density at radius 1 is 1.00 bits per heavy atom. The Labute approximate surface area is 161 Å². The summed E-state index contributed by atoms with van der Waals surface area (Å²) in [5.41, 5.74) is 3.25. The summed E-state index contributed by atoms with van der Waals surface area (Å²) >= 11 is 0. The molecule has 0 aliphatic carbocycles. The van der Waals surface area contributed by atoms with Crippen molar-refractivity contribution in [2.45, 2.75) is 39.0 Å². The number of carbonyl (C=O) groups is 2. The van der Waals surface area contributed by atoms with Crippen LogP contribution in [0.2, 0.25) is 0 Å². The van der Waals surface area contributed by atoms with Crippen molar-refractivity contribution in [3.05, 3.63) is 65.7 Å². The van der Waals surface area contributed by atoms with Crippen LogP contribution in [0.5, 0.6) is 0 Å². The third-order valence-corrected chi connectivity index (χ3v) is 5.34. The number of benzene rings is 2. The van der Waals surface area contributed by atoms with Crippen LogP contribution in [0.4, 0.5) is 5.69 Å². The second-order valence-corrected chi connectivity index (χ2v) is 7.14. The van der Waals surface area contributed by atoms with Gasteiger partial charge in [0.05, 0.1) is 0 Å². The first-order chi connectivity index (χ1) is 13.2. The number of carbonyl (C=O) groups excluding carboxylic acids is 2. The lowest BCUT2D eigenvalue weighted by Gasteiger charge is -2.31. The molecule has 2 aromatic carbocycles. The maximum absolute atomic E-state index is 12.6. The van der Waals surface area contributed by atoms with Crippen molar-refractivity contribution in [1.82, 2.24) is 4.90 Å². The standard InChI is InChI=1S/C23H28N2O2/c1-2-19-10-6-7-11-21(19)24-23(27)20-14-16-25(17-15-20)22(26)13-12-18-8-4-3-5-9-18/h3-11,20H,2,12-17H2,1H3,(H,24,27). The van der Waals surface area contributed by atoms with Gasteiger partial charge in [-0.1, -0.05) is 55.5 Å². The van der Waals surface area contributed by atoms with Gasteiger partial charge in [0.15, 0.2) is 0 Å². The van der Waals surface area contributed by atoms with Gasteiger partial charge in [-0.3, -0.25) is 9.59 Å². The summed E-state index contributed by atoms with van der Waals surface area (Å²) in [5.74, 6) is 0.245. The highest BCUT2D eigenvalue weighted by Gasteiger charge is 2.27. The number of para-hydroxylation sites is 1. The summed E-state index contributed by atoms with van der Waals surface area (Å²) in [6.45, 7) is 3.42. The van der Waals surface area contributed by atoms with Gasteiger partial charge in [0.1, 0.15) is 0 Å². The minimum atomic E-state index is -0.0203. The van der Waals surface area contributed by atoms with Crippen LogP contribution in [0, 0.1) is 5.92 Å². The second-order valence-electron chi connectivity index (χ2n) is 7.14. The van der Waals surface area contributed by atoms with Crippen molar-refractivity contribution < 1.29 is 9.59 Å². The number of nitrogens with zero attached hydrogens (tertiary/aromatic N) is 1. The Morgan fingerprint density at radius 2 is 1.67 bits per heavy atom. The monoisotopic (exact) mass is 364 g/mol. The topological polar surface area (TPSA) is 49.4 Å². The van der Waals surface area contributed by atoms with E-state index in [1.807, 2.05) is 47.4 Å². The predicted octanol–water partition coefficient (Wildman–Crippen LogP) is 4.06. The molecule has 0 atom stereocenters. The summed E-state index contributed by atoms with van der Waals surface area (Å²) in [4.78, 5) is 27.0. The molecular formula is C23H28N2O2. The number of likely N-dealkylation sites (tertiary alicyclic amines) is 1. The van der Waals surface area contributed by atoms with Gasteiger partial charge in [0.2, 0.25) is 11.8 Å². The Bertz CT molecular complexity index is 765. The summed E-state index contributed by atoms with van der Waals surface area (Å²) in [5, 5.41) is 3.08. The van der Waals surface area contributed by atoms with Crippen molar-refractivity contribution >= 4 is 17.5 Å². The first-order valence-corrected chi connectivity index (χ1v) is 9.88. The highest BCUT2D eigenvalue weighted by molar-refractivity contribution is 5.93. The van der Waals surface area contributed by atoms with E-state index in [9.17, 15) is 9.59 Å². The predicted molar refractivity (Wildman–Crippen MR) is 109 cm³/mol. The lowest BCUT2D eigenvalue weighted by atomic mass is 9.95. The number of nitrogens with one attached hydrogen (secondary N) is 1. The number of piperidine rings is 1. The van der Waals surface area contributed by atoms with Crippen LogP contribution in [0.15, 0.2) is 54.6 Å². The molecule has 0 unspecified atom stereocenters. The summed E-state index contributed by atoms with van der Waals surface area (Å²) in [6.07, 6.45) is 3.66. The number of aryl methyl sites for hydroxylation is 2. The highest BCUT2D eigenvalue weighted by Crippen LogP contribution is 2.22. The molecule has 0 spiro atoms. The Kier molecular flexibility index (Phi) is 6.64. The fraction of sp³-hybridized carbons (Fsp3) is 0.391. The van der Waals surface area contributed by atoms with E-state index < -0.39 is 0 Å². The van der Waals surface area contributed by atoms with E-state index in [-0.39, 0.29) is 17.7 Å². The van der Waals surface area contributed by atoms with Crippen molar-refractivity contribution in [3.8, 4) is 0 Å². The van der Waals surface area contributed by atoms with Crippen molar-refractivity contribution in [2.24, 2.45) is 5.92 Å². The molecule has 142 valence electrons. The van der Waals surface area contributed by atoms with Gasteiger partial charge in [0, 0.05) is 31.1 Å². The molecule has 1 heterocycles. The van der Waals surface area contributed by atoms with Crippen LogP contribution in [-0.4, -0.2) is 29.8 Å². The van der Waals surface area contributed by atoms with Gasteiger partial charge in [-0.2, -0.15) is 0 Å². The van der Waals surface area contributed by atoms with Crippen LogP contribution in [0.1, 0.15) is 37.3 Å². The van der Waals surface area contributed by atoms with Gasteiger partial charge < -0.3 is 10.2 Å². The van der Waals surface area contributed by atoms with Crippen molar-refractivity contribution in [1.29, 1.82) is 0 Å². The molecule has 4 nitrogen and oxygen atoms in total. The van der Waals surface area contributed by atoms with Crippen LogP contribution >= 0.6 is 0 Å². The molecular weight excluding hydrogens is 336 g/mol. The zero-order valence-corrected chi connectivity index (χ0v) is 16.0. The summed E-state index contributed by atoms with van der Waals surface area (Å²) in [7, 11) is 0. The van der Waals surface area contributed by atoms with Crippen molar-refractivity contribution in [3.63, 3.8) is 0 Å². The first kappa shape index (κ1) is 19.2. The van der Waals surface area contributed by atoms with Gasteiger partial charge >= 0.3 is 0 Å². The lowest BCUT2D eigenvalue weighted by molar-refractivity contribution is -0.134. The number of hydrogen-bond donors (Lipinski definition) is 1. The summed E-state index contributed by atoms with van der Waals surface area (Å²) < 4.78 is 0. The molecule has 0 bridgehead atoms. The van der Waals surface area contributed by atoms with E-state index >= 15 is 0 Å². The van der Waals surface area contributed by atoms with Crippen LogP contribution < -0.4 is 5.32 Å². The molecule has 2 aromatic rings. The third kappa shape index (κ3) is 5.19. The maximum atomic E-state index is 12.6. The van der Waals surface area contributed by atoms with E-state index in [0.29, 0.717) is 19.5 Å². The molecule has 0 saturated carbocycles. The normalized spacial score (nSPS) is 14.8. The maximum Gasteiger partial charge on any atom is 0.227 e. The Morgan fingerprint density at radius 3 is 2.37 bits per heavy atom.